The summed E-state index contributed by atoms with van der Waals surface area (Å²) in [5, 5.41) is -0.182. The van der Waals surface area contributed by atoms with Crippen LogP contribution in [0.25, 0.3) is 0 Å². The lowest BCUT2D eigenvalue weighted by Gasteiger charge is -2.15. The molecule has 0 radical (unpaired) electrons. The lowest BCUT2D eigenvalue weighted by Crippen LogP contribution is -2.24. The molecule has 0 aliphatic carbocycles. The maximum atomic E-state index is 13.1. The van der Waals surface area contributed by atoms with Crippen molar-refractivity contribution in [2.75, 3.05) is 5.84 Å². The Hall–Kier alpha value is -1.43. The molecule has 1 rings (SSSR count). The van der Waals surface area contributed by atoms with E-state index in [-0.39, 0.29) is 22.5 Å². The first-order chi connectivity index (χ1) is 9.09. The van der Waals surface area contributed by atoms with Crippen molar-refractivity contribution < 1.29 is 13.2 Å². The lowest BCUT2D eigenvalue weighted by molar-refractivity contribution is -0.137. The summed E-state index contributed by atoms with van der Waals surface area (Å²) < 4.78 is 40.1. The largest absolute Gasteiger partial charge is 0.418 e. The van der Waals surface area contributed by atoms with E-state index in [0.717, 1.165) is 10.7 Å². The predicted molar refractivity (Wildman–Crippen MR) is 75.4 cm³/mol. The van der Waals surface area contributed by atoms with Gasteiger partial charge >= 0.3 is 6.18 Å². The van der Waals surface area contributed by atoms with Crippen molar-refractivity contribution in [1.82, 2.24) is 4.68 Å². The molecule has 7 heteroatoms. The molecule has 1 aromatic rings. The molecule has 0 unspecified atom stereocenters. The van der Waals surface area contributed by atoms with Crippen LogP contribution < -0.4 is 5.84 Å². The smallest absolute Gasteiger partial charge is 0.338 e. The Balaban J connectivity index is 3.61. The van der Waals surface area contributed by atoms with Crippen molar-refractivity contribution in [2.45, 2.75) is 33.9 Å². The standard InChI is InChI=1S/C13H17ClF3N3/c1-5-8(4)19-11(7(2)3)12-9(13(15,16)17)6-10(14)20(12)18/h5-7H,18H2,1-4H3/b8-5-,19-11-. The molecule has 0 fully saturated rings. The van der Waals surface area contributed by atoms with Gasteiger partial charge in [0.15, 0.2) is 0 Å². The van der Waals surface area contributed by atoms with E-state index >= 15 is 0 Å². The first kappa shape index (κ1) is 16.6. The van der Waals surface area contributed by atoms with Crippen molar-refractivity contribution in [3.05, 3.63) is 34.2 Å². The molecular weight excluding hydrogens is 291 g/mol. The van der Waals surface area contributed by atoms with E-state index < -0.39 is 11.7 Å². The van der Waals surface area contributed by atoms with E-state index in [2.05, 4.69) is 4.99 Å². The van der Waals surface area contributed by atoms with Crippen LogP contribution in [-0.4, -0.2) is 10.4 Å². The minimum atomic E-state index is -4.54. The van der Waals surface area contributed by atoms with Gasteiger partial charge in [-0.3, -0.25) is 4.99 Å². The minimum absolute atomic E-state index is 0.182. The average molecular weight is 308 g/mol. The molecule has 0 saturated carbocycles. The van der Waals surface area contributed by atoms with Crippen molar-refractivity contribution in [3.63, 3.8) is 0 Å². The summed E-state index contributed by atoms with van der Waals surface area (Å²) in [4.78, 5) is 4.23. The van der Waals surface area contributed by atoms with Gasteiger partial charge in [0.25, 0.3) is 0 Å². The highest BCUT2D eigenvalue weighted by Crippen LogP contribution is 2.36. The topological polar surface area (TPSA) is 43.3 Å². The van der Waals surface area contributed by atoms with Crippen molar-refractivity contribution in [2.24, 2.45) is 10.9 Å². The lowest BCUT2D eigenvalue weighted by atomic mass is 10.0. The zero-order valence-electron chi connectivity index (χ0n) is 11.7. The number of nitrogens with zero attached hydrogens (tertiary/aromatic N) is 2. The first-order valence-electron chi connectivity index (χ1n) is 6.05. The Morgan fingerprint density at radius 1 is 1.45 bits per heavy atom. The maximum Gasteiger partial charge on any atom is 0.418 e. The van der Waals surface area contributed by atoms with E-state index in [0.29, 0.717) is 5.70 Å². The molecule has 0 aromatic carbocycles. The molecule has 1 heterocycles. The van der Waals surface area contributed by atoms with Gasteiger partial charge in [0.2, 0.25) is 0 Å². The number of aliphatic imine (C=N–C) groups is 1. The fraction of sp³-hybridized carbons (Fsp3) is 0.462. The molecule has 0 saturated heterocycles. The fourth-order valence-electron chi connectivity index (χ4n) is 1.68. The molecule has 20 heavy (non-hydrogen) atoms. The third-order valence-electron chi connectivity index (χ3n) is 2.80. The summed E-state index contributed by atoms with van der Waals surface area (Å²) in [6.45, 7) is 6.97. The quantitative estimate of drug-likeness (QED) is 0.658. The van der Waals surface area contributed by atoms with Crippen molar-refractivity contribution in [1.29, 1.82) is 0 Å². The van der Waals surface area contributed by atoms with Gasteiger partial charge in [-0.05, 0) is 25.8 Å². The maximum absolute atomic E-state index is 13.1. The van der Waals surface area contributed by atoms with Gasteiger partial charge in [-0.25, -0.2) is 4.68 Å². The van der Waals surface area contributed by atoms with Crippen LogP contribution in [0.4, 0.5) is 13.2 Å². The third-order valence-corrected chi connectivity index (χ3v) is 3.09. The van der Waals surface area contributed by atoms with Gasteiger partial charge in [-0.15, -0.1) is 0 Å². The Labute approximate surface area is 120 Å². The fourth-order valence-corrected chi connectivity index (χ4v) is 1.87. The second-order valence-corrected chi connectivity index (χ2v) is 5.07. The molecule has 0 bridgehead atoms. The Morgan fingerprint density at radius 3 is 2.40 bits per heavy atom. The molecule has 0 amide bonds. The molecular formula is C13H17ClF3N3. The van der Waals surface area contributed by atoms with Crippen LogP contribution in [0.2, 0.25) is 5.15 Å². The molecule has 3 nitrogen and oxygen atoms in total. The number of allylic oxidation sites excluding steroid dienone is 2. The number of rotatable bonds is 3. The zero-order valence-corrected chi connectivity index (χ0v) is 12.5. The Kier molecular flexibility index (Phi) is 4.91. The number of nitrogen functional groups attached to an aromatic ring is 1. The second kappa shape index (κ2) is 5.91. The van der Waals surface area contributed by atoms with Gasteiger partial charge in [0.1, 0.15) is 5.15 Å². The number of hydrogen-bond donors (Lipinski definition) is 1. The number of alkyl halides is 3. The van der Waals surface area contributed by atoms with Gasteiger partial charge in [0, 0.05) is 5.70 Å². The normalized spacial score (nSPS) is 14.2. The number of aromatic nitrogens is 1. The molecule has 1 aromatic heterocycles. The van der Waals surface area contributed by atoms with Crippen LogP contribution in [0, 0.1) is 5.92 Å². The summed E-state index contributed by atoms with van der Waals surface area (Å²) in [6, 6.07) is 0.819. The molecule has 0 aliphatic heterocycles. The van der Waals surface area contributed by atoms with Crippen LogP contribution in [0.5, 0.6) is 0 Å². The summed E-state index contributed by atoms with van der Waals surface area (Å²) in [5.41, 5.74) is -0.207. The highest BCUT2D eigenvalue weighted by Gasteiger charge is 2.38. The van der Waals surface area contributed by atoms with Gasteiger partial charge in [-0.1, -0.05) is 31.5 Å². The number of hydrogen-bond acceptors (Lipinski definition) is 2. The summed E-state index contributed by atoms with van der Waals surface area (Å²) in [6.07, 6.45) is -2.83. The van der Waals surface area contributed by atoms with E-state index in [1.807, 2.05) is 0 Å². The monoisotopic (exact) mass is 307 g/mol. The van der Waals surface area contributed by atoms with Crippen molar-refractivity contribution >= 4 is 17.3 Å². The Morgan fingerprint density at radius 2 is 2.00 bits per heavy atom. The van der Waals surface area contributed by atoms with Crippen LogP contribution in [0.1, 0.15) is 39.0 Å². The SMILES string of the molecule is C/C=C(C)\N=C(/c1c(C(F)(F)F)cc(Cl)n1N)C(C)C. The predicted octanol–water partition coefficient (Wildman–Crippen LogP) is 4.24. The van der Waals surface area contributed by atoms with E-state index in [1.165, 1.54) is 0 Å². The second-order valence-electron chi connectivity index (χ2n) is 4.68. The van der Waals surface area contributed by atoms with Crippen LogP contribution >= 0.6 is 11.6 Å². The highest BCUT2D eigenvalue weighted by molar-refractivity contribution is 6.30. The molecule has 0 aliphatic rings. The number of nitrogens with two attached hydrogens (primary N) is 1. The molecule has 2 N–H and O–H groups in total. The minimum Gasteiger partial charge on any atom is -0.338 e. The highest BCUT2D eigenvalue weighted by atomic mass is 35.5. The molecule has 0 spiro atoms. The van der Waals surface area contributed by atoms with E-state index in [9.17, 15) is 13.2 Å². The first-order valence-corrected chi connectivity index (χ1v) is 6.42. The summed E-state index contributed by atoms with van der Waals surface area (Å²) in [7, 11) is 0. The number of halogens is 4. The van der Waals surface area contributed by atoms with E-state index in [4.69, 9.17) is 17.4 Å². The third kappa shape index (κ3) is 3.36. The molecule has 112 valence electrons. The van der Waals surface area contributed by atoms with Crippen LogP contribution in [-0.2, 0) is 6.18 Å². The van der Waals surface area contributed by atoms with Crippen LogP contribution in [0.15, 0.2) is 22.8 Å². The Bertz CT molecular complexity index is 554. The van der Waals surface area contributed by atoms with Crippen molar-refractivity contribution in [3.8, 4) is 0 Å². The summed E-state index contributed by atoms with van der Waals surface area (Å²) >= 11 is 5.73. The summed E-state index contributed by atoms with van der Waals surface area (Å²) in [5.74, 6) is 5.40. The van der Waals surface area contributed by atoms with Gasteiger partial charge in [0.05, 0.1) is 17.0 Å². The molecule has 0 atom stereocenters. The average Bonchev–Trinajstić information content (AvgIpc) is 2.62. The van der Waals surface area contributed by atoms with Gasteiger partial charge in [-0.2, -0.15) is 13.2 Å². The van der Waals surface area contributed by atoms with Gasteiger partial charge < -0.3 is 5.84 Å². The van der Waals surface area contributed by atoms with Crippen LogP contribution in [0.3, 0.4) is 0 Å². The van der Waals surface area contributed by atoms with E-state index in [1.54, 1.807) is 33.8 Å². The zero-order chi connectivity index (χ0) is 15.7.